The minimum Gasteiger partial charge on any atom is -0.495 e. The molecule has 1 aromatic carbocycles. The molecule has 17 heavy (non-hydrogen) atoms. The van der Waals surface area contributed by atoms with Gasteiger partial charge in [0.1, 0.15) is 0 Å². The molecule has 1 aliphatic carbocycles. The van der Waals surface area contributed by atoms with Gasteiger partial charge in [-0.05, 0) is 29.7 Å². The van der Waals surface area contributed by atoms with E-state index in [2.05, 4.69) is 41.7 Å². The van der Waals surface area contributed by atoms with E-state index in [0.29, 0.717) is 0 Å². The minimum atomic E-state index is 0.176. The fraction of sp³-hybridized carbons (Fsp3) is 0.0667. The number of hydrogen-bond acceptors (Lipinski definition) is 2. The summed E-state index contributed by atoms with van der Waals surface area (Å²) in [5.74, 6) is 0.176. The third kappa shape index (κ3) is 3.38. The molecule has 1 aliphatic heterocycles. The maximum atomic E-state index is 8.74. The Bertz CT molecular complexity index is 495. The molecular weight excluding hydrogens is 210 g/mol. The molecule has 0 bridgehead atoms. The van der Waals surface area contributed by atoms with Crippen LogP contribution in [0.25, 0.3) is 6.08 Å². The lowest BCUT2D eigenvalue weighted by Gasteiger charge is -1.93. The molecule has 2 N–H and O–H groups in total. The lowest BCUT2D eigenvalue weighted by Crippen LogP contribution is -2.01. The average molecular weight is 225 g/mol. The van der Waals surface area contributed by atoms with Gasteiger partial charge >= 0.3 is 0 Å². The molecule has 0 atom stereocenters. The predicted octanol–water partition coefficient (Wildman–Crippen LogP) is 3.31. The van der Waals surface area contributed by atoms with E-state index in [1.807, 2.05) is 6.08 Å². The van der Waals surface area contributed by atoms with Crippen LogP contribution in [0.4, 0.5) is 0 Å². The van der Waals surface area contributed by atoms with Crippen molar-refractivity contribution in [2.45, 2.75) is 6.42 Å². The number of allylic oxidation sites excluding steroid dienone is 5. The average Bonchev–Trinajstić information content (AvgIpc) is 2.71. The molecule has 0 saturated heterocycles. The monoisotopic (exact) mass is 225 g/mol. The zero-order valence-electron chi connectivity index (χ0n) is 9.51. The minimum absolute atomic E-state index is 0.176. The molecule has 1 heterocycles. The van der Waals surface area contributed by atoms with Gasteiger partial charge in [0.05, 0.1) is 0 Å². The van der Waals surface area contributed by atoms with Crippen molar-refractivity contribution in [3.63, 3.8) is 0 Å². The van der Waals surface area contributed by atoms with E-state index >= 15 is 0 Å². The van der Waals surface area contributed by atoms with Crippen molar-refractivity contribution in [2.24, 2.45) is 0 Å². The Hall–Kier alpha value is -2.22. The Morgan fingerprint density at radius 1 is 1.06 bits per heavy atom. The highest BCUT2D eigenvalue weighted by atomic mass is 16.3. The molecule has 86 valence electrons. The van der Waals surface area contributed by atoms with Gasteiger partial charge in [0.25, 0.3) is 0 Å². The van der Waals surface area contributed by atoms with E-state index in [1.54, 1.807) is 24.4 Å². The first-order chi connectivity index (χ1) is 8.36. The Morgan fingerprint density at radius 2 is 1.94 bits per heavy atom. The van der Waals surface area contributed by atoms with Gasteiger partial charge < -0.3 is 10.4 Å². The second kappa shape index (κ2) is 5.75. The lowest BCUT2D eigenvalue weighted by atomic mass is 10.1. The van der Waals surface area contributed by atoms with E-state index in [-0.39, 0.29) is 5.88 Å². The number of aliphatic hydroxyl groups is 1. The van der Waals surface area contributed by atoms with Gasteiger partial charge in [-0.15, -0.1) is 0 Å². The quantitative estimate of drug-likeness (QED) is 0.710. The van der Waals surface area contributed by atoms with Crippen LogP contribution >= 0.6 is 0 Å². The first-order valence-electron chi connectivity index (χ1n) is 5.60. The van der Waals surface area contributed by atoms with Gasteiger partial charge in [0, 0.05) is 6.20 Å². The number of rotatable bonds is 0. The van der Waals surface area contributed by atoms with E-state index in [9.17, 15) is 0 Å². The Kier molecular flexibility index (Phi) is 3.81. The zero-order valence-corrected chi connectivity index (χ0v) is 9.51. The van der Waals surface area contributed by atoms with Crippen LogP contribution in [0.3, 0.4) is 0 Å². The van der Waals surface area contributed by atoms with Gasteiger partial charge in [-0.3, -0.25) is 0 Å². The number of fused-ring (bicyclic) bond motifs is 1. The van der Waals surface area contributed by atoms with E-state index in [4.69, 9.17) is 5.11 Å². The highest BCUT2D eigenvalue weighted by molar-refractivity contribution is 5.59. The number of nitrogens with one attached hydrogen (secondary N) is 1. The number of benzene rings is 1. The second-order valence-electron chi connectivity index (χ2n) is 3.75. The molecule has 3 rings (SSSR count). The van der Waals surface area contributed by atoms with Gasteiger partial charge in [0.2, 0.25) is 0 Å². The van der Waals surface area contributed by atoms with Gasteiger partial charge in [-0.2, -0.15) is 0 Å². The molecule has 0 unspecified atom stereocenters. The van der Waals surface area contributed by atoms with Crippen LogP contribution in [0.1, 0.15) is 11.1 Å². The van der Waals surface area contributed by atoms with Crippen molar-refractivity contribution < 1.29 is 5.11 Å². The highest BCUT2D eigenvalue weighted by Crippen LogP contribution is 2.17. The number of hydrogen-bond donors (Lipinski definition) is 2. The molecule has 2 heteroatoms. The molecule has 0 radical (unpaired) electrons. The van der Waals surface area contributed by atoms with Gasteiger partial charge in [-0.25, -0.2) is 0 Å². The number of aliphatic hydroxyl groups excluding tert-OH is 1. The Balaban J connectivity index is 0.000000128. The van der Waals surface area contributed by atoms with Crippen LogP contribution < -0.4 is 5.32 Å². The first kappa shape index (κ1) is 11.3. The SMILES string of the molecule is C1=Cc2ccccc2C1.OC1=CC=CC=CN1. The topological polar surface area (TPSA) is 32.3 Å². The van der Waals surface area contributed by atoms with Gasteiger partial charge in [-0.1, -0.05) is 48.6 Å². The van der Waals surface area contributed by atoms with Crippen molar-refractivity contribution in [3.05, 3.63) is 77.9 Å². The lowest BCUT2D eigenvalue weighted by molar-refractivity contribution is 0.383. The Morgan fingerprint density at radius 3 is 2.82 bits per heavy atom. The standard InChI is InChI=1S/C9H8.C6H7NO/c1-2-5-9-7-3-6-8(9)4-1;8-6-4-2-1-3-5-7-6/h1-6H,7H2;1-5,7-8H. The molecule has 0 spiro atoms. The second-order valence-corrected chi connectivity index (χ2v) is 3.75. The fourth-order valence-corrected chi connectivity index (χ4v) is 1.64. The summed E-state index contributed by atoms with van der Waals surface area (Å²) >= 11 is 0. The van der Waals surface area contributed by atoms with Crippen LogP contribution in [0.5, 0.6) is 0 Å². The summed E-state index contributed by atoms with van der Waals surface area (Å²) < 4.78 is 0. The van der Waals surface area contributed by atoms with E-state index in [1.165, 1.54) is 11.1 Å². The third-order valence-corrected chi connectivity index (χ3v) is 2.49. The molecule has 2 nitrogen and oxygen atoms in total. The van der Waals surface area contributed by atoms with Crippen LogP contribution in [0, 0.1) is 0 Å². The maximum absolute atomic E-state index is 8.74. The maximum Gasteiger partial charge on any atom is 0.188 e. The fourth-order valence-electron chi connectivity index (χ4n) is 1.64. The Labute approximate surface area is 101 Å². The zero-order chi connectivity index (χ0) is 11.9. The molecular formula is C15H15NO. The molecule has 0 fully saturated rings. The summed E-state index contributed by atoms with van der Waals surface area (Å²) in [5.41, 5.74) is 2.84. The molecule has 0 saturated carbocycles. The largest absolute Gasteiger partial charge is 0.495 e. The predicted molar refractivity (Wildman–Crippen MR) is 71.3 cm³/mol. The summed E-state index contributed by atoms with van der Waals surface area (Å²) in [5, 5.41) is 11.4. The van der Waals surface area contributed by atoms with Gasteiger partial charge in [0.15, 0.2) is 5.88 Å². The molecule has 0 amide bonds. The third-order valence-electron chi connectivity index (χ3n) is 2.49. The van der Waals surface area contributed by atoms with Crippen molar-refractivity contribution in [3.8, 4) is 0 Å². The van der Waals surface area contributed by atoms with E-state index in [0.717, 1.165) is 6.42 Å². The normalized spacial score (nSPS) is 15.2. The van der Waals surface area contributed by atoms with Crippen molar-refractivity contribution in [2.75, 3.05) is 0 Å². The molecule has 0 aromatic heterocycles. The van der Waals surface area contributed by atoms with Crippen molar-refractivity contribution in [1.29, 1.82) is 0 Å². The summed E-state index contributed by atoms with van der Waals surface area (Å²) in [4.78, 5) is 0. The summed E-state index contributed by atoms with van der Waals surface area (Å²) in [7, 11) is 0. The smallest absolute Gasteiger partial charge is 0.188 e. The van der Waals surface area contributed by atoms with Crippen molar-refractivity contribution >= 4 is 6.08 Å². The summed E-state index contributed by atoms with van der Waals surface area (Å²) in [6.07, 6.45) is 14.1. The highest BCUT2D eigenvalue weighted by Gasteiger charge is 2.00. The van der Waals surface area contributed by atoms with Crippen LogP contribution in [0.15, 0.2) is 66.7 Å². The van der Waals surface area contributed by atoms with E-state index < -0.39 is 0 Å². The summed E-state index contributed by atoms with van der Waals surface area (Å²) in [6, 6.07) is 8.49. The summed E-state index contributed by atoms with van der Waals surface area (Å²) in [6.45, 7) is 0. The molecule has 2 aliphatic rings. The van der Waals surface area contributed by atoms with Crippen LogP contribution in [-0.2, 0) is 6.42 Å². The molecule has 1 aromatic rings. The van der Waals surface area contributed by atoms with Crippen LogP contribution in [-0.4, -0.2) is 5.11 Å². The van der Waals surface area contributed by atoms with Crippen molar-refractivity contribution in [1.82, 2.24) is 5.32 Å². The van der Waals surface area contributed by atoms with Crippen LogP contribution in [0.2, 0.25) is 0 Å². The first-order valence-corrected chi connectivity index (χ1v) is 5.60.